The molecule has 0 saturated carbocycles. The summed E-state index contributed by atoms with van der Waals surface area (Å²) in [5.74, 6) is -0.0697. The van der Waals surface area contributed by atoms with E-state index in [4.69, 9.17) is 0 Å². The molecule has 0 aliphatic heterocycles. The summed E-state index contributed by atoms with van der Waals surface area (Å²) in [6.45, 7) is 3.93. The van der Waals surface area contributed by atoms with Gasteiger partial charge in [0, 0.05) is 11.9 Å². The fourth-order valence-electron chi connectivity index (χ4n) is 2.87. The molecule has 1 aromatic heterocycles. The number of aryl methyl sites for hydroxylation is 1. The number of hydrogen-bond acceptors (Lipinski definition) is 4. The number of nitrogens with zero attached hydrogens (tertiary/aromatic N) is 2. The van der Waals surface area contributed by atoms with Crippen molar-refractivity contribution in [1.29, 1.82) is 0 Å². The molecule has 2 aromatic carbocycles. The van der Waals surface area contributed by atoms with Crippen LogP contribution in [0.25, 0.3) is 11.0 Å². The summed E-state index contributed by atoms with van der Waals surface area (Å²) >= 11 is 0. The van der Waals surface area contributed by atoms with Gasteiger partial charge in [-0.15, -0.1) is 0 Å². The van der Waals surface area contributed by atoms with Crippen molar-refractivity contribution in [3.63, 3.8) is 0 Å². The monoisotopic (exact) mass is 371 g/mol. The highest BCUT2D eigenvalue weighted by molar-refractivity contribution is 7.89. The minimum atomic E-state index is -3.27. The van der Waals surface area contributed by atoms with Crippen molar-refractivity contribution in [3.8, 4) is 0 Å². The first-order valence-corrected chi connectivity index (χ1v) is 10.3. The predicted molar refractivity (Wildman–Crippen MR) is 103 cm³/mol. The van der Waals surface area contributed by atoms with Gasteiger partial charge in [0.15, 0.2) is 9.84 Å². The van der Waals surface area contributed by atoms with E-state index in [2.05, 4.69) is 10.3 Å². The Morgan fingerprint density at radius 1 is 1.12 bits per heavy atom. The minimum Gasteiger partial charge on any atom is -0.324 e. The summed E-state index contributed by atoms with van der Waals surface area (Å²) in [5, 5.41) is 2.91. The van der Waals surface area contributed by atoms with Crippen LogP contribution in [-0.2, 0) is 26.9 Å². The second-order valence-corrected chi connectivity index (χ2v) is 8.61. The van der Waals surface area contributed by atoms with Crippen LogP contribution in [0.2, 0.25) is 0 Å². The third-order valence-electron chi connectivity index (χ3n) is 4.31. The lowest BCUT2D eigenvalue weighted by molar-refractivity contribution is -0.116. The van der Waals surface area contributed by atoms with Gasteiger partial charge in [0.1, 0.15) is 18.1 Å². The minimum absolute atomic E-state index is 0.00124. The summed E-state index contributed by atoms with van der Waals surface area (Å²) in [4.78, 5) is 17.0. The van der Waals surface area contributed by atoms with Gasteiger partial charge in [0.25, 0.3) is 0 Å². The standard InChI is InChI=1S/C19H21N3O3S/c1-13-7-6-9-15(14(13)2)21-19(23)11-22-17-10-5-4-8-16(17)20-18(22)12-26(3,24)25/h4-10H,11-12H2,1-3H3,(H,21,23). The maximum absolute atomic E-state index is 12.6. The largest absolute Gasteiger partial charge is 0.324 e. The van der Waals surface area contributed by atoms with Gasteiger partial charge in [-0.3, -0.25) is 4.79 Å². The summed E-state index contributed by atoms with van der Waals surface area (Å²) in [5.41, 5.74) is 4.26. The normalized spacial score (nSPS) is 11.7. The molecule has 3 rings (SSSR count). The number of nitrogens with one attached hydrogen (secondary N) is 1. The number of sulfone groups is 1. The van der Waals surface area contributed by atoms with Crippen LogP contribution in [0.15, 0.2) is 42.5 Å². The molecule has 0 atom stereocenters. The Hall–Kier alpha value is -2.67. The number of amides is 1. The van der Waals surface area contributed by atoms with Gasteiger partial charge in [-0.05, 0) is 43.2 Å². The molecule has 7 heteroatoms. The maximum atomic E-state index is 12.6. The van der Waals surface area contributed by atoms with E-state index >= 15 is 0 Å². The van der Waals surface area contributed by atoms with Crippen LogP contribution in [0.4, 0.5) is 5.69 Å². The molecule has 0 unspecified atom stereocenters. The fraction of sp³-hybridized carbons (Fsp3) is 0.263. The molecular weight excluding hydrogens is 350 g/mol. The number of aromatic nitrogens is 2. The average Bonchev–Trinajstić information content (AvgIpc) is 2.87. The Balaban J connectivity index is 1.93. The second kappa shape index (κ2) is 6.92. The van der Waals surface area contributed by atoms with Gasteiger partial charge < -0.3 is 9.88 Å². The first-order chi connectivity index (χ1) is 12.2. The molecule has 0 radical (unpaired) electrons. The summed E-state index contributed by atoms with van der Waals surface area (Å²) in [6.07, 6.45) is 1.16. The zero-order valence-electron chi connectivity index (χ0n) is 15.0. The molecule has 6 nitrogen and oxygen atoms in total. The Kier molecular flexibility index (Phi) is 4.82. The topological polar surface area (TPSA) is 81.1 Å². The second-order valence-electron chi connectivity index (χ2n) is 6.47. The summed E-state index contributed by atoms with van der Waals surface area (Å²) in [6, 6.07) is 13.0. The molecule has 26 heavy (non-hydrogen) atoms. The van der Waals surface area contributed by atoms with Crippen molar-refractivity contribution < 1.29 is 13.2 Å². The first-order valence-electron chi connectivity index (χ1n) is 8.22. The number of hydrogen-bond donors (Lipinski definition) is 1. The highest BCUT2D eigenvalue weighted by Crippen LogP contribution is 2.20. The highest BCUT2D eigenvalue weighted by atomic mass is 32.2. The fourth-order valence-corrected chi connectivity index (χ4v) is 3.56. The van der Waals surface area contributed by atoms with E-state index in [1.54, 1.807) is 10.6 Å². The van der Waals surface area contributed by atoms with Crippen LogP contribution >= 0.6 is 0 Å². The number of carbonyl (C=O) groups is 1. The number of carbonyl (C=O) groups excluding carboxylic acids is 1. The molecule has 1 heterocycles. The van der Waals surface area contributed by atoms with E-state index < -0.39 is 9.84 Å². The van der Waals surface area contributed by atoms with Gasteiger partial charge in [-0.2, -0.15) is 0 Å². The molecule has 0 bridgehead atoms. The van der Waals surface area contributed by atoms with Crippen molar-refractivity contribution in [2.45, 2.75) is 26.1 Å². The van der Waals surface area contributed by atoms with Crippen molar-refractivity contribution in [1.82, 2.24) is 9.55 Å². The number of imidazole rings is 1. The molecule has 136 valence electrons. The van der Waals surface area contributed by atoms with E-state index in [0.717, 1.165) is 28.6 Å². The highest BCUT2D eigenvalue weighted by Gasteiger charge is 2.17. The lowest BCUT2D eigenvalue weighted by Crippen LogP contribution is -2.21. The average molecular weight is 371 g/mol. The quantitative estimate of drug-likeness (QED) is 0.748. The molecule has 0 fully saturated rings. The molecule has 1 N–H and O–H groups in total. The first kappa shape index (κ1) is 18.1. The lowest BCUT2D eigenvalue weighted by atomic mass is 10.1. The number of benzene rings is 2. The van der Waals surface area contributed by atoms with Crippen LogP contribution in [0.3, 0.4) is 0 Å². The predicted octanol–water partition coefficient (Wildman–Crippen LogP) is 2.84. The Bertz CT molecular complexity index is 1080. The summed E-state index contributed by atoms with van der Waals surface area (Å²) in [7, 11) is -3.27. The molecule has 0 spiro atoms. The smallest absolute Gasteiger partial charge is 0.244 e. The Labute approximate surface area is 152 Å². The van der Waals surface area contributed by atoms with Crippen molar-refractivity contribution >= 4 is 32.5 Å². The Morgan fingerprint density at radius 2 is 1.85 bits per heavy atom. The zero-order valence-corrected chi connectivity index (χ0v) is 15.8. The molecule has 0 saturated heterocycles. The van der Waals surface area contributed by atoms with E-state index in [0.29, 0.717) is 11.3 Å². The Morgan fingerprint density at radius 3 is 2.58 bits per heavy atom. The lowest BCUT2D eigenvalue weighted by Gasteiger charge is -2.12. The SMILES string of the molecule is Cc1cccc(NC(=O)Cn2c(CS(C)(=O)=O)nc3ccccc32)c1C. The van der Waals surface area contributed by atoms with E-state index in [1.807, 2.05) is 50.2 Å². The van der Waals surface area contributed by atoms with Crippen LogP contribution in [0.5, 0.6) is 0 Å². The third-order valence-corrected chi connectivity index (χ3v) is 5.09. The molecule has 1 amide bonds. The van der Waals surface area contributed by atoms with Gasteiger partial charge in [0.2, 0.25) is 5.91 Å². The molecule has 0 aliphatic carbocycles. The van der Waals surface area contributed by atoms with Crippen LogP contribution in [0, 0.1) is 13.8 Å². The molecule has 0 aliphatic rings. The van der Waals surface area contributed by atoms with E-state index in [-0.39, 0.29) is 18.2 Å². The van der Waals surface area contributed by atoms with E-state index in [9.17, 15) is 13.2 Å². The third kappa shape index (κ3) is 3.94. The number of anilines is 1. The maximum Gasteiger partial charge on any atom is 0.244 e. The zero-order chi connectivity index (χ0) is 18.9. The van der Waals surface area contributed by atoms with Gasteiger partial charge >= 0.3 is 0 Å². The number of para-hydroxylation sites is 2. The van der Waals surface area contributed by atoms with Crippen LogP contribution < -0.4 is 5.32 Å². The van der Waals surface area contributed by atoms with Crippen LogP contribution in [0.1, 0.15) is 17.0 Å². The van der Waals surface area contributed by atoms with Crippen LogP contribution in [-0.4, -0.2) is 30.1 Å². The number of fused-ring (bicyclic) bond motifs is 1. The van der Waals surface area contributed by atoms with Gasteiger partial charge in [-0.25, -0.2) is 13.4 Å². The summed E-state index contributed by atoms with van der Waals surface area (Å²) < 4.78 is 25.1. The van der Waals surface area contributed by atoms with Gasteiger partial charge in [-0.1, -0.05) is 24.3 Å². The number of rotatable bonds is 5. The van der Waals surface area contributed by atoms with Gasteiger partial charge in [0.05, 0.1) is 11.0 Å². The van der Waals surface area contributed by atoms with Crippen molar-refractivity contribution in [2.75, 3.05) is 11.6 Å². The van der Waals surface area contributed by atoms with Crippen molar-refractivity contribution in [3.05, 3.63) is 59.4 Å². The van der Waals surface area contributed by atoms with Crippen molar-refractivity contribution in [2.24, 2.45) is 0 Å². The molecule has 3 aromatic rings. The van der Waals surface area contributed by atoms with E-state index in [1.165, 1.54) is 0 Å². The molecular formula is C19H21N3O3S.